The first-order chi connectivity index (χ1) is 8.55. The Bertz CT molecular complexity index is 476. The summed E-state index contributed by atoms with van der Waals surface area (Å²) in [6.07, 6.45) is 1.61. The monoisotopic (exact) mass is 256 g/mol. The van der Waals surface area contributed by atoms with Crippen molar-refractivity contribution in [1.82, 2.24) is 14.5 Å². The Labute approximate surface area is 101 Å². The number of alkyl halides is 3. The van der Waals surface area contributed by atoms with Crippen LogP contribution in [0.1, 0.15) is 5.56 Å². The van der Waals surface area contributed by atoms with Crippen LogP contribution in [0, 0.1) is 0 Å². The molecule has 0 spiro atoms. The SMILES string of the molecule is FC(F)(F)c1ccc(NCCn2ccnc2)nc1. The van der Waals surface area contributed by atoms with Crippen LogP contribution in [0.2, 0.25) is 0 Å². The van der Waals surface area contributed by atoms with Gasteiger partial charge in [-0.2, -0.15) is 13.2 Å². The van der Waals surface area contributed by atoms with Crippen molar-refractivity contribution in [3.05, 3.63) is 42.6 Å². The molecule has 7 heteroatoms. The molecule has 18 heavy (non-hydrogen) atoms. The lowest BCUT2D eigenvalue weighted by molar-refractivity contribution is -0.137. The maximum atomic E-state index is 12.3. The molecule has 0 atom stereocenters. The number of halogens is 3. The second-order valence-electron chi connectivity index (χ2n) is 3.66. The Morgan fingerprint density at radius 2 is 2.11 bits per heavy atom. The maximum Gasteiger partial charge on any atom is 0.417 e. The highest BCUT2D eigenvalue weighted by atomic mass is 19.4. The average molecular weight is 256 g/mol. The van der Waals surface area contributed by atoms with Crippen LogP contribution in [-0.2, 0) is 12.7 Å². The molecule has 0 amide bonds. The van der Waals surface area contributed by atoms with E-state index in [1.807, 2.05) is 10.8 Å². The number of aromatic nitrogens is 3. The molecule has 0 bridgehead atoms. The number of pyridine rings is 1. The molecule has 2 aromatic rings. The van der Waals surface area contributed by atoms with Crippen LogP contribution in [-0.4, -0.2) is 21.1 Å². The molecule has 1 N–H and O–H groups in total. The van der Waals surface area contributed by atoms with Crippen molar-refractivity contribution >= 4 is 5.82 Å². The molecule has 2 rings (SSSR count). The second-order valence-corrected chi connectivity index (χ2v) is 3.66. The van der Waals surface area contributed by atoms with E-state index in [4.69, 9.17) is 0 Å². The van der Waals surface area contributed by atoms with Crippen LogP contribution in [0.4, 0.5) is 19.0 Å². The summed E-state index contributed by atoms with van der Waals surface area (Å²) in [5.74, 6) is 0.420. The minimum atomic E-state index is -4.34. The van der Waals surface area contributed by atoms with Crippen molar-refractivity contribution in [3.8, 4) is 0 Å². The van der Waals surface area contributed by atoms with Gasteiger partial charge in [0.05, 0.1) is 11.9 Å². The van der Waals surface area contributed by atoms with Gasteiger partial charge in [0.1, 0.15) is 5.82 Å². The predicted molar refractivity (Wildman–Crippen MR) is 60.0 cm³/mol. The smallest absolute Gasteiger partial charge is 0.368 e. The first kappa shape index (κ1) is 12.4. The predicted octanol–water partition coefficient (Wildman–Crippen LogP) is 2.41. The number of imidazole rings is 1. The summed E-state index contributed by atoms with van der Waals surface area (Å²) in [6, 6.07) is 2.32. The van der Waals surface area contributed by atoms with Crippen LogP contribution >= 0.6 is 0 Å². The van der Waals surface area contributed by atoms with Crippen molar-refractivity contribution < 1.29 is 13.2 Å². The van der Waals surface area contributed by atoms with E-state index in [0.717, 1.165) is 12.3 Å². The summed E-state index contributed by atoms with van der Waals surface area (Å²) in [6.45, 7) is 1.23. The van der Waals surface area contributed by atoms with E-state index >= 15 is 0 Å². The minimum absolute atomic E-state index is 0.420. The van der Waals surface area contributed by atoms with Gasteiger partial charge in [-0.25, -0.2) is 9.97 Å². The molecule has 0 saturated heterocycles. The van der Waals surface area contributed by atoms with Crippen molar-refractivity contribution in [2.75, 3.05) is 11.9 Å². The van der Waals surface area contributed by atoms with E-state index in [1.165, 1.54) is 6.07 Å². The third-order valence-corrected chi connectivity index (χ3v) is 2.33. The average Bonchev–Trinajstić information content (AvgIpc) is 2.82. The lowest BCUT2D eigenvalue weighted by atomic mass is 10.3. The maximum absolute atomic E-state index is 12.3. The summed E-state index contributed by atoms with van der Waals surface area (Å²) < 4.78 is 38.7. The molecule has 2 heterocycles. The largest absolute Gasteiger partial charge is 0.417 e. The molecule has 0 unspecified atom stereocenters. The topological polar surface area (TPSA) is 42.7 Å². The Balaban J connectivity index is 1.87. The molecule has 0 radical (unpaired) electrons. The van der Waals surface area contributed by atoms with E-state index < -0.39 is 11.7 Å². The second kappa shape index (κ2) is 5.07. The van der Waals surface area contributed by atoms with Gasteiger partial charge >= 0.3 is 6.18 Å². The Morgan fingerprint density at radius 1 is 1.28 bits per heavy atom. The number of nitrogens with one attached hydrogen (secondary N) is 1. The van der Waals surface area contributed by atoms with Gasteiger partial charge in [0.2, 0.25) is 0 Å². The van der Waals surface area contributed by atoms with Gasteiger partial charge in [0.15, 0.2) is 0 Å². The molecule has 0 saturated carbocycles. The normalized spacial score (nSPS) is 11.5. The highest BCUT2D eigenvalue weighted by Crippen LogP contribution is 2.28. The van der Waals surface area contributed by atoms with Gasteiger partial charge in [-0.15, -0.1) is 0 Å². The van der Waals surface area contributed by atoms with E-state index in [-0.39, 0.29) is 0 Å². The standard InChI is InChI=1S/C11H11F3N4/c12-11(13,14)9-1-2-10(17-7-9)16-4-6-18-5-3-15-8-18/h1-3,5,7-8H,4,6H2,(H,16,17). The summed E-state index contributed by atoms with van der Waals surface area (Å²) >= 11 is 0. The first-order valence-corrected chi connectivity index (χ1v) is 5.28. The third-order valence-electron chi connectivity index (χ3n) is 2.33. The van der Waals surface area contributed by atoms with Crippen LogP contribution in [0.3, 0.4) is 0 Å². The molecular weight excluding hydrogens is 245 g/mol. The number of anilines is 1. The zero-order valence-corrected chi connectivity index (χ0v) is 9.35. The lowest BCUT2D eigenvalue weighted by Gasteiger charge is -2.08. The molecule has 0 aliphatic heterocycles. The molecule has 4 nitrogen and oxygen atoms in total. The molecule has 0 aromatic carbocycles. The summed E-state index contributed by atoms with van der Waals surface area (Å²) in [4.78, 5) is 7.59. The molecule has 0 aliphatic carbocycles. The van der Waals surface area contributed by atoms with Crippen LogP contribution in [0.25, 0.3) is 0 Å². The number of hydrogen-bond donors (Lipinski definition) is 1. The first-order valence-electron chi connectivity index (χ1n) is 5.28. The Kier molecular flexibility index (Phi) is 3.50. The third kappa shape index (κ3) is 3.22. The van der Waals surface area contributed by atoms with Gasteiger partial charge < -0.3 is 9.88 Å². The fourth-order valence-electron chi connectivity index (χ4n) is 1.40. The van der Waals surface area contributed by atoms with Gasteiger partial charge in [-0.3, -0.25) is 0 Å². The summed E-state index contributed by atoms with van der Waals surface area (Å²) in [7, 11) is 0. The molecular formula is C11H11F3N4. The van der Waals surface area contributed by atoms with E-state index in [9.17, 15) is 13.2 Å². The Morgan fingerprint density at radius 3 is 2.67 bits per heavy atom. The van der Waals surface area contributed by atoms with Gasteiger partial charge in [0, 0.05) is 31.7 Å². The summed E-state index contributed by atoms with van der Waals surface area (Å²) in [5, 5.41) is 2.93. The zero-order valence-electron chi connectivity index (χ0n) is 9.35. The van der Waals surface area contributed by atoms with Gasteiger partial charge in [-0.05, 0) is 12.1 Å². The Hall–Kier alpha value is -2.05. The summed E-state index contributed by atoms with van der Waals surface area (Å²) in [5.41, 5.74) is -0.748. The van der Waals surface area contributed by atoms with Crippen LogP contribution < -0.4 is 5.32 Å². The van der Waals surface area contributed by atoms with Gasteiger partial charge in [-0.1, -0.05) is 0 Å². The van der Waals surface area contributed by atoms with Crippen LogP contribution in [0.15, 0.2) is 37.1 Å². The highest BCUT2D eigenvalue weighted by molar-refractivity contribution is 5.35. The number of hydrogen-bond acceptors (Lipinski definition) is 3. The van der Waals surface area contributed by atoms with Crippen molar-refractivity contribution in [2.45, 2.75) is 12.7 Å². The fraction of sp³-hybridized carbons (Fsp3) is 0.273. The zero-order chi connectivity index (χ0) is 13.0. The van der Waals surface area contributed by atoms with Gasteiger partial charge in [0.25, 0.3) is 0 Å². The molecule has 2 aromatic heterocycles. The molecule has 0 aliphatic rings. The van der Waals surface area contributed by atoms with E-state index in [1.54, 1.807) is 12.5 Å². The lowest BCUT2D eigenvalue weighted by Crippen LogP contribution is -2.11. The number of nitrogens with zero attached hydrogens (tertiary/aromatic N) is 3. The minimum Gasteiger partial charge on any atom is -0.368 e. The van der Waals surface area contributed by atoms with Crippen molar-refractivity contribution in [3.63, 3.8) is 0 Å². The van der Waals surface area contributed by atoms with Crippen molar-refractivity contribution in [2.24, 2.45) is 0 Å². The quantitative estimate of drug-likeness (QED) is 0.913. The number of rotatable bonds is 4. The van der Waals surface area contributed by atoms with Crippen LogP contribution in [0.5, 0.6) is 0 Å². The molecule has 0 fully saturated rings. The van der Waals surface area contributed by atoms with E-state index in [2.05, 4.69) is 15.3 Å². The van der Waals surface area contributed by atoms with Crippen molar-refractivity contribution in [1.29, 1.82) is 0 Å². The molecule has 96 valence electrons. The highest BCUT2D eigenvalue weighted by Gasteiger charge is 2.30. The van der Waals surface area contributed by atoms with E-state index in [0.29, 0.717) is 18.9 Å². The fourth-order valence-corrected chi connectivity index (χ4v) is 1.40.